The van der Waals surface area contributed by atoms with Crippen molar-refractivity contribution in [2.24, 2.45) is 4.99 Å². The number of benzene rings is 2. The molecule has 0 saturated heterocycles. The third kappa shape index (κ3) is 10.2. The molecule has 2 rings (SSSR count). The van der Waals surface area contributed by atoms with Crippen molar-refractivity contribution < 1.29 is 9.84 Å². The minimum absolute atomic E-state index is 0. The van der Waals surface area contributed by atoms with Gasteiger partial charge in [-0.25, -0.2) is 4.99 Å². The molecule has 0 aliphatic rings. The molecule has 3 N–H and O–H groups in total. The van der Waals surface area contributed by atoms with E-state index < -0.39 is 6.10 Å². The normalized spacial score (nSPS) is 12.4. The van der Waals surface area contributed by atoms with Crippen LogP contribution in [-0.2, 0) is 13.1 Å². The second kappa shape index (κ2) is 15.1. The van der Waals surface area contributed by atoms with Crippen molar-refractivity contribution in [1.82, 2.24) is 15.5 Å². The maximum Gasteiger partial charge on any atom is 0.191 e. The van der Waals surface area contributed by atoms with Gasteiger partial charge < -0.3 is 25.4 Å². The summed E-state index contributed by atoms with van der Waals surface area (Å²) in [5.41, 5.74) is 3.27. The summed E-state index contributed by atoms with van der Waals surface area (Å²) in [5.74, 6) is 1.45. The Balaban J connectivity index is 0.00000512. The number of halogens is 1. The van der Waals surface area contributed by atoms with Crippen molar-refractivity contribution >= 4 is 29.9 Å². The molecular formula is C25H39IN4O2. The molecule has 0 spiro atoms. The van der Waals surface area contributed by atoms with Crippen LogP contribution in [-0.4, -0.2) is 48.8 Å². The maximum absolute atomic E-state index is 10.6. The number of guanidine groups is 1. The third-order valence-electron chi connectivity index (χ3n) is 4.83. The molecule has 1 atom stereocenters. The number of nitrogens with zero attached hydrogens (tertiary/aromatic N) is 2. The van der Waals surface area contributed by atoms with E-state index in [0.717, 1.165) is 30.9 Å². The summed E-state index contributed by atoms with van der Waals surface area (Å²) < 4.78 is 5.73. The molecule has 0 aromatic heterocycles. The van der Waals surface area contributed by atoms with Crippen LogP contribution in [0.5, 0.6) is 5.75 Å². The first-order valence-corrected chi connectivity index (χ1v) is 11.1. The van der Waals surface area contributed by atoms with E-state index in [4.69, 9.17) is 9.73 Å². The molecule has 32 heavy (non-hydrogen) atoms. The zero-order chi connectivity index (χ0) is 22.6. The van der Waals surface area contributed by atoms with E-state index in [0.29, 0.717) is 19.0 Å². The zero-order valence-corrected chi connectivity index (χ0v) is 22.3. The van der Waals surface area contributed by atoms with Crippen LogP contribution in [0.2, 0.25) is 0 Å². The van der Waals surface area contributed by atoms with Gasteiger partial charge in [-0.05, 0) is 63.2 Å². The summed E-state index contributed by atoms with van der Waals surface area (Å²) in [5, 5.41) is 17.1. The van der Waals surface area contributed by atoms with Crippen LogP contribution in [0.25, 0.3) is 0 Å². The third-order valence-corrected chi connectivity index (χ3v) is 4.83. The van der Waals surface area contributed by atoms with Crippen LogP contribution in [0.1, 0.15) is 50.5 Å². The van der Waals surface area contributed by atoms with Gasteiger partial charge in [0.15, 0.2) is 5.96 Å². The first kappa shape index (κ1) is 28.2. The number of rotatable bonds is 11. The Morgan fingerprint density at radius 3 is 2.47 bits per heavy atom. The second-order valence-corrected chi connectivity index (χ2v) is 7.98. The maximum atomic E-state index is 10.6. The van der Waals surface area contributed by atoms with Gasteiger partial charge in [0.25, 0.3) is 0 Å². The lowest BCUT2D eigenvalue weighted by Gasteiger charge is -2.17. The van der Waals surface area contributed by atoms with Crippen LogP contribution < -0.4 is 15.4 Å². The van der Waals surface area contributed by atoms with Gasteiger partial charge in [-0.3, -0.25) is 0 Å². The molecule has 0 saturated carbocycles. The van der Waals surface area contributed by atoms with E-state index in [1.54, 1.807) is 0 Å². The van der Waals surface area contributed by atoms with Gasteiger partial charge in [-0.2, -0.15) is 0 Å². The predicted octanol–water partition coefficient (Wildman–Crippen LogP) is 4.33. The summed E-state index contributed by atoms with van der Waals surface area (Å²) in [7, 11) is 2.12. The second-order valence-electron chi connectivity index (χ2n) is 7.98. The van der Waals surface area contributed by atoms with Gasteiger partial charge >= 0.3 is 0 Å². The van der Waals surface area contributed by atoms with Crippen LogP contribution in [0, 0.1) is 0 Å². The first-order valence-electron chi connectivity index (χ1n) is 11.1. The van der Waals surface area contributed by atoms with Gasteiger partial charge in [0, 0.05) is 19.6 Å². The van der Waals surface area contributed by atoms with E-state index >= 15 is 0 Å². The number of aliphatic imine (C=N–C) groups is 1. The van der Waals surface area contributed by atoms with Crippen molar-refractivity contribution in [3.8, 4) is 5.75 Å². The number of hydrogen-bond donors (Lipinski definition) is 3. The predicted molar refractivity (Wildman–Crippen MR) is 144 cm³/mol. The molecule has 6 nitrogen and oxygen atoms in total. The molecular weight excluding hydrogens is 515 g/mol. The minimum atomic E-state index is -0.660. The molecule has 0 bridgehead atoms. The lowest BCUT2D eigenvalue weighted by Crippen LogP contribution is -2.39. The fourth-order valence-corrected chi connectivity index (χ4v) is 3.14. The zero-order valence-electron chi connectivity index (χ0n) is 20.0. The Morgan fingerprint density at radius 1 is 1.06 bits per heavy atom. The van der Waals surface area contributed by atoms with Crippen molar-refractivity contribution in [2.45, 2.75) is 53.0 Å². The van der Waals surface area contributed by atoms with E-state index in [1.807, 2.05) is 45.0 Å². The van der Waals surface area contributed by atoms with E-state index in [9.17, 15) is 5.11 Å². The van der Waals surface area contributed by atoms with Crippen LogP contribution >= 0.6 is 24.0 Å². The molecule has 7 heteroatoms. The quantitative estimate of drug-likeness (QED) is 0.219. The fraction of sp³-hybridized carbons (Fsp3) is 0.480. The highest BCUT2D eigenvalue weighted by Crippen LogP contribution is 2.20. The van der Waals surface area contributed by atoms with Crippen LogP contribution in [0.15, 0.2) is 53.5 Å². The Labute approximate surface area is 210 Å². The number of aliphatic hydroxyl groups excluding tert-OH is 1. The van der Waals surface area contributed by atoms with Gasteiger partial charge in [0.05, 0.1) is 18.8 Å². The summed E-state index contributed by atoms with van der Waals surface area (Å²) >= 11 is 0. The summed E-state index contributed by atoms with van der Waals surface area (Å²) in [6.45, 7) is 11.8. The topological polar surface area (TPSA) is 69.1 Å². The molecule has 2 aromatic carbocycles. The molecule has 0 aliphatic carbocycles. The van der Waals surface area contributed by atoms with Gasteiger partial charge in [0.1, 0.15) is 5.75 Å². The fourth-order valence-electron chi connectivity index (χ4n) is 3.14. The lowest BCUT2D eigenvalue weighted by atomic mass is 10.1. The highest BCUT2D eigenvalue weighted by atomic mass is 127. The minimum Gasteiger partial charge on any atom is -0.491 e. The standard InChI is InChI=1S/C25H38N4O2.HI/c1-6-26-25(27-16-20-10-8-11-21(14-20)18-29(5)7-2)28-17-24(30)22-12-9-13-23(15-22)31-19(3)4;/h8-15,19,24,30H,6-7,16-18H2,1-5H3,(H2,26,27,28);1H. The summed E-state index contributed by atoms with van der Waals surface area (Å²) in [6, 6.07) is 16.1. The average molecular weight is 555 g/mol. The van der Waals surface area contributed by atoms with E-state index in [1.165, 1.54) is 11.1 Å². The van der Waals surface area contributed by atoms with Crippen LogP contribution in [0.3, 0.4) is 0 Å². The number of hydrogen-bond acceptors (Lipinski definition) is 4. The lowest BCUT2D eigenvalue weighted by molar-refractivity contribution is 0.179. The number of nitrogens with one attached hydrogen (secondary N) is 2. The number of ether oxygens (including phenoxy) is 1. The molecule has 1 unspecified atom stereocenters. The first-order chi connectivity index (χ1) is 14.9. The molecule has 2 aromatic rings. The van der Waals surface area contributed by atoms with Gasteiger partial charge in [0.2, 0.25) is 0 Å². The van der Waals surface area contributed by atoms with Crippen molar-refractivity contribution in [2.75, 3.05) is 26.7 Å². The Bertz CT molecular complexity index is 829. The largest absolute Gasteiger partial charge is 0.491 e. The molecule has 0 heterocycles. The van der Waals surface area contributed by atoms with E-state index in [-0.39, 0.29) is 30.1 Å². The smallest absolute Gasteiger partial charge is 0.191 e. The average Bonchev–Trinajstić information content (AvgIpc) is 2.75. The molecule has 178 valence electrons. The van der Waals surface area contributed by atoms with Crippen molar-refractivity contribution in [3.05, 3.63) is 65.2 Å². The van der Waals surface area contributed by atoms with Gasteiger partial charge in [-0.1, -0.05) is 43.3 Å². The Kier molecular flexibility index (Phi) is 13.3. The Morgan fingerprint density at radius 2 is 1.78 bits per heavy atom. The SMILES string of the molecule is CCNC(=NCc1cccc(CN(C)CC)c1)NCC(O)c1cccc(OC(C)C)c1.I. The summed E-state index contributed by atoms with van der Waals surface area (Å²) in [4.78, 5) is 6.97. The van der Waals surface area contributed by atoms with Crippen molar-refractivity contribution in [3.63, 3.8) is 0 Å². The molecule has 0 radical (unpaired) electrons. The van der Waals surface area contributed by atoms with Crippen LogP contribution in [0.4, 0.5) is 0 Å². The summed E-state index contributed by atoms with van der Waals surface area (Å²) in [6.07, 6.45) is -0.564. The highest BCUT2D eigenvalue weighted by molar-refractivity contribution is 14.0. The van der Waals surface area contributed by atoms with E-state index in [2.05, 4.69) is 53.8 Å². The molecule has 0 aliphatic heterocycles. The monoisotopic (exact) mass is 554 g/mol. The van der Waals surface area contributed by atoms with Gasteiger partial charge in [-0.15, -0.1) is 24.0 Å². The molecule has 0 fully saturated rings. The number of aliphatic hydroxyl groups is 1. The van der Waals surface area contributed by atoms with Crippen molar-refractivity contribution in [1.29, 1.82) is 0 Å². The Hall–Kier alpha value is -1.84. The molecule has 0 amide bonds. The highest BCUT2D eigenvalue weighted by Gasteiger charge is 2.10.